The van der Waals surface area contributed by atoms with Crippen LogP contribution in [0.2, 0.25) is 0 Å². The van der Waals surface area contributed by atoms with Gasteiger partial charge in [0.1, 0.15) is 0 Å². The topological polar surface area (TPSA) is 32.3 Å². The van der Waals surface area contributed by atoms with E-state index in [1.54, 1.807) is 0 Å². The number of hydrogen-bond donors (Lipinski definition) is 1. The average Bonchev–Trinajstić information content (AvgIpc) is 2.51. The van der Waals surface area contributed by atoms with Crippen LogP contribution in [0.3, 0.4) is 0 Å². The van der Waals surface area contributed by atoms with Crippen molar-refractivity contribution in [3.8, 4) is 0 Å². The van der Waals surface area contributed by atoms with E-state index in [0.717, 1.165) is 15.7 Å². The first-order valence-corrected chi connectivity index (χ1v) is 8.18. The van der Waals surface area contributed by atoms with Crippen molar-refractivity contribution in [2.24, 2.45) is 0 Å². The number of amides is 1. The Kier molecular flexibility index (Phi) is 6.01. The Morgan fingerprint density at radius 1 is 1.14 bits per heavy atom. The van der Waals surface area contributed by atoms with Gasteiger partial charge in [-0.25, -0.2) is 0 Å². The van der Waals surface area contributed by atoms with Crippen LogP contribution in [0.15, 0.2) is 59.1 Å². The number of nitrogens with one attached hydrogen (secondary N) is 1. The van der Waals surface area contributed by atoms with E-state index in [9.17, 15) is 4.79 Å². The minimum atomic E-state index is 0.0961. The zero-order valence-electron chi connectivity index (χ0n) is 12.9. The molecule has 4 heteroatoms. The molecule has 0 saturated carbocycles. The normalized spacial score (nSPS) is 10.5. The van der Waals surface area contributed by atoms with Gasteiger partial charge in [0.15, 0.2) is 0 Å². The van der Waals surface area contributed by atoms with Gasteiger partial charge in [-0.15, -0.1) is 0 Å². The molecule has 0 aromatic heterocycles. The van der Waals surface area contributed by atoms with Crippen molar-refractivity contribution in [3.05, 3.63) is 64.6 Å². The molecule has 0 radical (unpaired) electrons. The Morgan fingerprint density at radius 3 is 2.50 bits per heavy atom. The maximum Gasteiger partial charge on any atom is 0.242 e. The van der Waals surface area contributed by atoms with Crippen LogP contribution < -0.4 is 5.32 Å². The number of carbonyl (C=O) groups excluding carboxylic acids is 1. The van der Waals surface area contributed by atoms with Crippen LogP contribution in [-0.4, -0.2) is 23.4 Å². The minimum Gasteiger partial charge on any atom is -0.376 e. The second-order valence-electron chi connectivity index (χ2n) is 5.46. The first kappa shape index (κ1) is 16.6. The predicted molar refractivity (Wildman–Crippen MR) is 94.8 cm³/mol. The molecule has 0 bridgehead atoms. The summed E-state index contributed by atoms with van der Waals surface area (Å²) in [6.07, 6.45) is 0. The van der Waals surface area contributed by atoms with Crippen molar-refractivity contribution in [1.82, 2.24) is 4.90 Å². The second kappa shape index (κ2) is 7.99. The van der Waals surface area contributed by atoms with Crippen LogP contribution in [-0.2, 0) is 11.3 Å². The van der Waals surface area contributed by atoms with Crippen molar-refractivity contribution < 1.29 is 4.79 Å². The van der Waals surface area contributed by atoms with Crippen molar-refractivity contribution in [2.75, 3.05) is 11.9 Å². The third-order valence-electron chi connectivity index (χ3n) is 3.41. The second-order valence-corrected chi connectivity index (χ2v) is 6.38. The van der Waals surface area contributed by atoms with E-state index in [-0.39, 0.29) is 11.9 Å². The van der Waals surface area contributed by atoms with Crippen LogP contribution in [0, 0.1) is 0 Å². The van der Waals surface area contributed by atoms with Crippen LogP contribution in [0.4, 0.5) is 5.69 Å². The third-order valence-corrected chi connectivity index (χ3v) is 3.90. The first-order chi connectivity index (χ1) is 10.6. The number of hydrogen-bond acceptors (Lipinski definition) is 2. The van der Waals surface area contributed by atoms with Gasteiger partial charge in [-0.2, -0.15) is 0 Å². The molecule has 0 heterocycles. The molecule has 2 aromatic rings. The largest absolute Gasteiger partial charge is 0.376 e. The van der Waals surface area contributed by atoms with Crippen LogP contribution in [0.5, 0.6) is 0 Å². The molecule has 2 rings (SSSR count). The predicted octanol–water partition coefficient (Wildman–Crippen LogP) is 4.30. The minimum absolute atomic E-state index is 0.0961. The van der Waals surface area contributed by atoms with Gasteiger partial charge in [0.2, 0.25) is 5.91 Å². The van der Waals surface area contributed by atoms with Crippen LogP contribution >= 0.6 is 15.9 Å². The fourth-order valence-corrected chi connectivity index (χ4v) is 2.62. The fourth-order valence-electron chi connectivity index (χ4n) is 2.22. The van der Waals surface area contributed by atoms with Crippen molar-refractivity contribution >= 4 is 27.5 Å². The van der Waals surface area contributed by atoms with E-state index in [0.29, 0.717) is 13.1 Å². The third kappa shape index (κ3) is 4.88. The van der Waals surface area contributed by atoms with E-state index in [1.807, 2.05) is 73.3 Å². The van der Waals surface area contributed by atoms with Gasteiger partial charge in [-0.05, 0) is 37.6 Å². The summed E-state index contributed by atoms with van der Waals surface area (Å²) in [5.41, 5.74) is 2.08. The van der Waals surface area contributed by atoms with Gasteiger partial charge < -0.3 is 10.2 Å². The molecule has 0 fully saturated rings. The molecule has 116 valence electrons. The Balaban J connectivity index is 1.98. The maximum atomic E-state index is 12.5. The molecule has 0 unspecified atom stereocenters. The van der Waals surface area contributed by atoms with Crippen molar-refractivity contribution in [3.63, 3.8) is 0 Å². The highest BCUT2D eigenvalue weighted by Gasteiger charge is 2.16. The quantitative estimate of drug-likeness (QED) is 0.832. The highest BCUT2D eigenvalue weighted by atomic mass is 79.9. The Labute approximate surface area is 140 Å². The molecule has 0 atom stereocenters. The van der Waals surface area contributed by atoms with Gasteiger partial charge in [0, 0.05) is 22.7 Å². The van der Waals surface area contributed by atoms with E-state index >= 15 is 0 Å². The molecule has 1 amide bonds. The molecular formula is C18H21BrN2O. The Hall–Kier alpha value is -1.81. The smallest absolute Gasteiger partial charge is 0.242 e. The number of benzene rings is 2. The molecule has 0 aliphatic heterocycles. The molecule has 0 aliphatic carbocycles. The summed E-state index contributed by atoms with van der Waals surface area (Å²) in [6.45, 7) is 5.01. The van der Waals surface area contributed by atoms with Gasteiger partial charge in [0.25, 0.3) is 0 Å². The van der Waals surface area contributed by atoms with Gasteiger partial charge in [-0.3, -0.25) is 4.79 Å². The monoisotopic (exact) mass is 360 g/mol. The summed E-state index contributed by atoms with van der Waals surface area (Å²) < 4.78 is 0.995. The summed E-state index contributed by atoms with van der Waals surface area (Å²) in [6, 6.07) is 18.1. The SMILES string of the molecule is CC(C)N(Cc1ccccc1)C(=O)CNc1cccc(Br)c1. The summed E-state index contributed by atoms with van der Waals surface area (Å²) in [4.78, 5) is 14.4. The van der Waals surface area contributed by atoms with Gasteiger partial charge in [0.05, 0.1) is 6.54 Å². The molecule has 0 saturated heterocycles. The van der Waals surface area contributed by atoms with Crippen molar-refractivity contribution in [2.45, 2.75) is 26.4 Å². The Morgan fingerprint density at radius 2 is 1.86 bits per heavy atom. The first-order valence-electron chi connectivity index (χ1n) is 7.39. The highest BCUT2D eigenvalue weighted by Crippen LogP contribution is 2.16. The highest BCUT2D eigenvalue weighted by molar-refractivity contribution is 9.10. The fraction of sp³-hybridized carbons (Fsp3) is 0.278. The molecule has 1 N–H and O–H groups in total. The average molecular weight is 361 g/mol. The molecule has 3 nitrogen and oxygen atoms in total. The lowest BCUT2D eigenvalue weighted by molar-refractivity contribution is -0.131. The molecular weight excluding hydrogens is 340 g/mol. The zero-order valence-corrected chi connectivity index (χ0v) is 14.5. The zero-order chi connectivity index (χ0) is 15.9. The molecule has 22 heavy (non-hydrogen) atoms. The number of rotatable bonds is 6. The lowest BCUT2D eigenvalue weighted by Crippen LogP contribution is -2.39. The van der Waals surface area contributed by atoms with Crippen molar-refractivity contribution in [1.29, 1.82) is 0 Å². The Bertz CT molecular complexity index is 613. The van der Waals surface area contributed by atoms with E-state index in [2.05, 4.69) is 21.2 Å². The van der Waals surface area contributed by atoms with E-state index < -0.39 is 0 Å². The summed E-state index contributed by atoms with van der Waals surface area (Å²) >= 11 is 3.43. The summed E-state index contributed by atoms with van der Waals surface area (Å²) in [5, 5.41) is 3.19. The van der Waals surface area contributed by atoms with Crippen LogP contribution in [0.25, 0.3) is 0 Å². The van der Waals surface area contributed by atoms with E-state index in [4.69, 9.17) is 0 Å². The summed E-state index contributed by atoms with van der Waals surface area (Å²) in [7, 11) is 0. The van der Waals surface area contributed by atoms with E-state index in [1.165, 1.54) is 0 Å². The summed E-state index contributed by atoms with van der Waals surface area (Å²) in [5.74, 6) is 0.0961. The molecule has 2 aromatic carbocycles. The lowest BCUT2D eigenvalue weighted by atomic mass is 10.2. The lowest BCUT2D eigenvalue weighted by Gasteiger charge is -2.27. The number of carbonyl (C=O) groups is 1. The van der Waals surface area contributed by atoms with Gasteiger partial charge >= 0.3 is 0 Å². The maximum absolute atomic E-state index is 12.5. The van der Waals surface area contributed by atoms with Gasteiger partial charge in [-0.1, -0.05) is 52.3 Å². The number of halogens is 1. The van der Waals surface area contributed by atoms with Crippen LogP contribution in [0.1, 0.15) is 19.4 Å². The number of nitrogens with zero attached hydrogens (tertiary/aromatic N) is 1. The molecule has 0 aliphatic rings. The molecule has 0 spiro atoms. The number of anilines is 1. The standard InChI is InChI=1S/C18H21BrN2O/c1-14(2)21(13-15-7-4-3-5-8-15)18(22)12-20-17-10-6-9-16(19)11-17/h3-11,14,20H,12-13H2,1-2H3.